The quantitative estimate of drug-likeness (QED) is 0.769. The number of hydrogen-bond acceptors (Lipinski definition) is 4. The number of rotatable bonds is 2. The number of hydrogen-bond donors (Lipinski definition) is 3. The van der Waals surface area contributed by atoms with Crippen molar-refractivity contribution < 1.29 is 4.79 Å². The number of amides is 1. The molecule has 0 aliphatic heterocycles. The van der Waals surface area contributed by atoms with Crippen LogP contribution >= 0.6 is 23.2 Å². The van der Waals surface area contributed by atoms with Gasteiger partial charge in [0.2, 0.25) is 5.69 Å². The smallest absolute Gasteiger partial charge is 0.318 e. The maximum absolute atomic E-state index is 11.8. The van der Waals surface area contributed by atoms with Gasteiger partial charge < -0.3 is 5.32 Å². The standard InChI is InChI=1S/C10H6Cl2N4O3/c11-4-2-1-3-5(12)6(4)13-8(17)7-9(18)14-10(19)16-15-7/h1-3H,(H,13,17)(H2,14,16,18,19). The zero-order valence-electron chi connectivity index (χ0n) is 9.16. The summed E-state index contributed by atoms with van der Waals surface area (Å²) in [6.45, 7) is 0. The maximum atomic E-state index is 11.8. The second-order valence-corrected chi connectivity index (χ2v) is 4.22. The number of nitrogens with one attached hydrogen (secondary N) is 3. The fourth-order valence-electron chi connectivity index (χ4n) is 1.29. The Bertz CT molecular complexity index is 733. The molecule has 3 N–H and O–H groups in total. The van der Waals surface area contributed by atoms with E-state index < -0.39 is 22.9 Å². The topological polar surface area (TPSA) is 108 Å². The first kappa shape index (κ1) is 13.3. The van der Waals surface area contributed by atoms with Gasteiger partial charge in [-0.25, -0.2) is 9.89 Å². The molecular weight excluding hydrogens is 295 g/mol. The molecular formula is C10H6Cl2N4O3. The fraction of sp³-hybridized carbons (Fsp3) is 0. The van der Waals surface area contributed by atoms with Crippen LogP contribution in [0.4, 0.5) is 5.69 Å². The van der Waals surface area contributed by atoms with Crippen molar-refractivity contribution in [1.82, 2.24) is 15.2 Å². The molecule has 7 nitrogen and oxygen atoms in total. The summed E-state index contributed by atoms with van der Waals surface area (Å²) in [6, 6.07) is 4.65. The lowest BCUT2D eigenvalue weighted by Crippen LogP contribution is -2.32. The number of carbonyl (C=O) groups is 1. The molecule has 9 heteroatoms. The summed E-state index contributed by atoms with van der Waals surface area (Å²) >= 11 is 11.7. The third kappa shape index (κ3) is 2.83. The minimum Gasteiger partial charge on any atom is -0.318 e. The van der Waals surface area contributed by atoms with Gasteiger partial charge in [0.25, 0.3) is 11.5 Å². The van der Waals surface area contributed by atoms with Crippen LogP contribution in [0.1, 0.15) is 10.5 Å². The number of H-pyrrole nitrogens is 2. The lowest BCUT2D eigenvalue weighted by atomic mass is 10.3. The van der Waals surface area contributed by atoms with Crippen LogP contribution in [-0.2, 0) is 0 Å². The Balaban J connectivity index is 2.36. The lowest BCUT2D eigenvalue weighted by Gasteiger charge is -2.07. The summed E-state index contributed by atoms with van der Waals surface area (Å²) in [7, 11) is 0. The predicted molar refractivity (Wildman–Crippen MR) is 69.9 cm³/mol. The Morgan fingerprint density at radius 2 is 1.84 bits per heavy atom. The van der Waals surface area contributed by atoms with Crippen molar-refractivity contribution in [3.8, 4) is 0 Å². The SMILES string of the molecule is O=C(Nc1c(Cl)cccc1Cl)c1n[nH]c(=O)[nH]c1=O. The first-order valence-corrected chi connectivity index (χ1v) is 5.69. The van der Waals surface area contributed by atoms with Crippen LogP contribution in [0.3, 0.4) is 0 Å². The van der Waals surface area contributed by atoms with Crippen LogP contribution < -0.4 is 16.6 Å². The molecule has 19 heavy (non-hydrogen) atoms. The van der Waals surface area contributed by atoms with Crippen LogP contribution in [0.25, 0.3) is 0 Å². The summed E-state index contributed by atoms with van der Waals surface area (Å²) in [5.41, 5.74) is -2.07. The number of nitrogens with zero attached hydrogens (tertiary/aromatic N) is 1. The van der Waals surface area contributed by atoms with E-state index >= 15 is 0 Å². The minimum absolute atomic E-state index is 0.156. The Hall–Kier alpha value is -2.12. The van der Waals surface area contributed by atoms with Crippen molar-refractivity contribution in [3.05, 3.63) is 54.8 Å². The van der Waals surface area contributed by atoms with E-state index in [4.69, 9.17) is 23.2 Å². The molecule has 0 aliphatic carbocycles. The molecule has 1 heterocycles. The zero-order chi connectivity index (χ0) is 14.0. The average Bonchev–Trinajstić information content (AvgIpc) is 2.33. The van der Waals surface area contributed by atoms with Crippen LogP contribution in [-0.4, -0.2) is 21.1 Å². The number of aromatic amines is 2. The van der Waals surface area contributed by atoms with Gasteiger partial charge in [0.1, 0.15) is 0 Å². The van der Waals surface area contributed by atoms with Crippen molar-refractivity contribution >= 4 is 34.8 Å². The molecule has 2 aromatic rings. The van der Waals surface area contributed by atoms with Gasteiger partial charge in [0, 0.05) is 0 Å². The zero-order valence-corrected chi connectivity index (χ0v) is 10.7. The fourth-order valence-corrected chi connectivity index (χ4v) is 1.78. The molecule has 0 spiro atoms. The maximum Gasteiger partial charge on any atom is 0.342 e. The third-order valence-electron chi connectivity index (χ3n) is 2.13. The van der Waals surface area contributed by atoms with Gasteiger partial charge in [-0.2, -0.15) is 5.10 Å². The molecule has 0 unspecified atom stereocenters. The van der Waals surface area contributed by atoms with Gasteiger partial charge in [-0.1, -0.05) is 29.3 Å². The predicted octanol–water partition coefficient (Wildman–Crippen LogP) is 1.02. The number of aromatic nitrogens is 3. The van der Waals surface area contributed by atoms with Crippen molar-refractivity contribution in [3.63, 3.8) is 0 Å². The molecule has 0 saturated heterocycles. The molecule has 98 valence electrons. The molecule has 1 amide bonds. The molecule has 2 rings (SSSR count). The molecule has 0 fully saturated rings. The van der Waals surface area contributed by atoms with Crippen molar-refractivity contribution in [2.75, 3.05) is 5.32 Å². The molecule has 0 aliphatic rings. The largest absolute Gasteiger partial charge is 0.342 e. The van der Waals surface area contributed by atoms with E-state index in [1.165, 1.54) is 12.1 Å². The van der Waals surface area contributed by atoms with Crippen molar-refractivity contribution in [2.24, 2.45) is 0 Å². The molecule has 0 bridgehead atoms. The highest BCUT2D eigenvalue weighted by atomic mass is 35.5. The second kappa shape index (κ2) is 5.25. The normalized spacial score (nSPS) is 10.2. The number of para-hydroxylation sites is 1. The Kier molecular flexibility index (Phi) is 3.68. The number of anilines is 1. The highest BCUT2D eigenvalue weighted by Crippen LogP contribution is 2.29. The minimum atomic E-state index is -0.913. The van der Waals surface area contributed by atoms with Gasteiger partial charge in [0.05, 0.1) is 15.7 Å². The van der Waals surface area contributed by atoms with Gasteiger partial charge >= 0.3 is 5.69 Å². The molecule has 0 saturated carbocycles. The molecule has 1 aromatic heterocycles. The van der Waals surface area contributed by atoms with Gasteiger partial charge in [-0.3, -0.25) is 14.6 Å². The number of carbonyl (C=O) groups excluding carboxylic acids is 1. The van der Waals surface area contributed by atoms with Crippen molar-refractivity contribution in [2.45, 2.75) is 0 Å². The van der Waals surface area contributed by atoms with E-state index in [2.05, 4.69) is 10.4 Å². The monoisotopic (exact) mass is 300 g/mol. The van der Waals surface area contributed by atoms with Crippen LogP contribution in [0, 0.1) is 0 Å². The molecule has 0 atom stereocenters. The Labute approximate surface area is 115 Å². The van der Waals surface area contributed by atoms with Crippen LogP contribution in [0.15, 0.2) is 27.8 Å². The van der Waals surface area contributed by atoms with E-state index in [0.717, 1.165) is 0 Å². The van der Waals surface area contributed by atoms with Gasteiger partial charge in [-0.15, -0.1) is 0 Å². The van der Waals surface area contributed by atoms with E-state index in [1.54, 1.807) is 6.07 Å². The second-order valence-electron chi connectivity index (χ2n) is 3.41. The van der Waals surface area contributed by atoms with Gasteiger partial charge in [0.15, 0.2) is 0 Å². The first-order chi connectivity index (χ1) is 8.99. The van der Waals surface area contributed by atoms with Crippen LogP contribution in [0.2, 0.25) is 10.0 Å². The number of benzene rings is 1. The van der Waals surface area contributed by atoms with Crippen molar-refractivity contribution in [1.29, 1.82) is 0 Å². The highest BCUT2D eigenvalue weighted by molar-refractivity contribution is 6.39. The third-order valence-corrected chi connectivity index (χ3v) is 2.76. The van der Waals surface area contributed by atoms with E-state index in [9.17, 15) is 14.4 Å². The summed E-state index contributed by atoms with van der Waals surface area (Å²) in [5, 5.41) is 8.07. The molecule has 1 aromatic carbocycles. The van der Waals surface area contributed by atoms with E-state index in [-0.39, 0.29) is 15.7 Å². The summed E-state index contributed by atoms with van der Waals surface area (Å²) < 4.78 is 0. The number of halogens is 2. The first-order valence-electron chi connectivity index (χ1n) is 4.93. The Morgan fingerprint density at radius 1 is 1.21 bits per heavy atom. The summed E-state index contributed by atoms with van der Waals surface area (Å²) in [6.07, 6.45) is 0. The Morgan fingerprint density at radius 3 is 2.42 bits per heavy atom. The van der Waals surface area contributed by atoms with Gasteiger partial charge in [-0.05, 0) is 12.1 Å². The van der Waals surface area contributed by atoms with Crippen LogP contribution in [0.5, 0.6) is 0 Å². The highest BCUT2D eigenvalue weighted by Gasteiger charge is 2.16. The average molecular weight is 301 g/mol. The van der Waals surface area contributed by atoms with E-state index in [1.807, 2.05) is 10.1 Å². The summed E-state index contributed by atoms with van der Waals surface area (Å²) in [4.78, 5) is 35.9. The summed E-state index contributed by atoms with van der Waals surface area (Å²) in [5.74, 6) is -0.840. The lowest BCUT2D eigenvalue weighted by molar-refractivity contribution is 0.101. The molecule has 0 radical (unpaired) electrons. The van der Waals surface area contributed by atoms with E-state index in [0.29, 0.717) is 0 Å².